The molecular formula is C23H35NO5. The van der Waals surface area contributed by atoms with Gasteiger partial charge in [-0.05, 0) is 55.7 Å². The summed E-state index contributed by atoms with van der Waals surface area (Å²) in [5, 5.41) is 2.97. The number of amides is 1. The number of benzene rings is 1. The van der Waals surface area contributed by atoms with Crippen molar-refractivity contribution in [3.63, 3.8) is 0 Å². The van der Waals surface area contributed by atoms with Crippen LogP contribution in [0.25, 0.3) is 0 Å². The Labute approximate surface area is 174 Å². The van der Waals surface area contributed by atoms with Crippen molar-refractivity contribution in [3.8, 4) is 5.75 Å². The normalized spacial score (nSPS) is 21.7. The van der Waals surface area contributed by atoms with Crippen molar-refractivity contribution in [2.24, 2.45) is 11.8 Å². The summed E-state index contributed by atoms with van der Waals surface area (Å²) in [6.07, 6.45) is 4.35. The average Bonchev–Trinajstić information content (AvgIpc) is 2.70. The Morgan fingerprint density at radius 2 is 2.07 bits per heavy atom. The van der Waals surface area contributed by atoms with E-state index in [0.717, 1.165) is 19.3 Å². The van der Waals surface area contributed by atoms with Gasteiger partial charge in [0.05, 0.1) is 13.7 Å². The Morgan fingerprint density at radius 3 is 2.69 bits per heavy atom. The SMILES string of the molecule is CCCO[C@@]1(C(=O)Nc2ccc(OCC(C)C)c(C(=O)OC)c2)CCC[C@@H](C)C1. The van der Waals surface area contributed by atoms with Crippen LogP contribution in [-0.4, -0.2) is 37.8 Å². The van der Waals surface area contributed by atoms with Crippen LogP contribution >= 0.6 is 0 Å². The Balaban J connectivity index is 2.24. The lowest BCUT2D eigenvalue weighted by Gasteiger charge is -2.38. The quantitative estimate of drug-likeness (QED) is 0.596. The van der Waals surface area contributed by atoms with Crippen molar-refractivity contribution in [1.29, 1.82) is 0 Å². The largest absolute Gasteiger partial charge is 0.492 e. The predicted octanol–water partition coefficient (Wildman–Crippen LogP) is 4.82. The van der Waals surface area contributed by atoms with Crippen LogP contribution in [0, 0.1) is 11.8 Å². The second-order valence-electron chi connectivity index (χ2n) is 8.41. The zero-order valence-electron chi connectivity index (χ0n) is 18.4. The first-order valence-corrected chi connectivity index (χ1v) is 10.6. The Kier molecular flexibility index (Phi) is 8.50. The second-order valence-corrected chi connectivity index (χ2v) is 8.41. The third-order valence-electron chi connectivity index (χ3n) is 5.17. The van der Waals surface area contributed by atoms with E-state index in [1.807, 2.05) is 20.8 Å². The number of esters is 1. The van der Waals surface area contributed by atoms with Crippen LogP contribution in [0.5, 0.6) is 5.75 Å². The molecule has 1 aliphatic rings. The Hall–Kier alpha value is -2.08. The van der Waals surface area contributed by atoms with Gasteiger partial charge in [0.2, 0.25) is 0 Å². The summed E-state index contributed by atoms with van der Waals surface area (Å²) < 4.78 is 16.7. The van der Waals surface area contributed by atoms with E-state index < -0.39 is 11.6 Å². The molecule has 29 heavy (non-hydrogen) atoms. The second kappa shape index (κ2) is 10.6. The molecule has 1 aromatic carbocycles. The molecular weight excluding hydrogens is 370 g/mol. The van der Waals surface area contributed by atoms with Gasteiger partial charge in [0.25, 0.3) is 5.91 Å². The van der Waals surface area contributed by atoms with Gasteiger partial charge in [-0.15, -0.1) is 0 Å². The maximum Gasteiger partial charge on any atom is 0.341 e. The molecule has 0 saturated heterocycles. The third-order valence-corrected chi connectivity index (χ3v) is 5.17. The van der Waals surface area contributed by atoms with E-state index in [1.54, 1.807) is 18.2 Å². The smallest absolute Gasteiger partial charge is 0.341 e. The van der Waals surface area contributed by atoms with Crippen molar-refractivity contribution >= 4 is 17.6 Å². The van der Waals surface area contributed by atoms with E-state index in [9.17, 15) is 9.59 Å². The van der Waals surface area contributed by atoms with E-state index in [4.69, 9.17) is 14.2 Å². The molecule has 1 saturated carbocycles. The van der Waals surface area contributed by atoms with Gasteiger partial charge in [-0.2, -0.15) is 0 Å². The molecule has 0 aliphatic heterocycles. The van der Waals surface area contributed by atoms with Gasteiger partial charge < -0.3 is 19.5 Å². The van der Waals surface area contributed by atoms with Crippen LogP contribution in [0.4, 0.5) is 5.69 Å². The lowest BCUT2D eigenvalue weighted by atomic mass is 9.78. The van der Waals surface area contributed by atoms with Crippen molar-refractivity contribution in [2.75, 3.05) is 25.6 Å². The molecule has 1 fully saturated rings. The molecule has 0 radical (unpaired) electrons. The summed E-state index contributed by atoms with van der Waals surface area (Å²) in [6.45, 7) is 9.31. The van der Waals surface area contributed by atoms with Gasteiger partial charge in [-0.25, -0.2) is 4.79 Å². The van der Waals surface area contributed by atoms with E-state index >= 15 is 0 Å². The van der Waals surface area contributed by atoms with Gasteiger partial charge in [0.1, 0.15) is 16.9 Å². The van der Waals surface area contributed by atoms with Crippen LogP contribution < -0.4 is 10.1 Å². The van der Waals surface area contributed by atoms with Crippen LogP contribution in [0.3, 0.4) is 0 Å². The van der Waals surface area contributed by atoms with E-state index in [-0.39, 0.29) is 5.91 Å². The van der Waals surface area contributed by atoms with Crippen molar-refractivity contribution < 1.29 is 23.8 Å². The minimum absolute atomic E-state index is 0.149. The summed E-state index contributed by atoms with van der Waals surface area (Å²) in [4.78, 5) is 25.4. The van der Waals surface area contributed by atoms with Crippen molar-refractivity contribution in [3.05, 3.63) is 23.8 Å². The number of rotatable bonds is 9. The van der Waals surface area contributed by atoms with Crippen molar-refractivity contribution in [1.82, 2.24) is 0 Å². The molecule has 162 valence electrons. The first kappa shape index (κ1) is 23.2. The molecule has 2 atom stereocenters. The molecule has 6 heteroatoms. The molecule has 0 aromatic heterocycles. The molecule has 1 aromatic rings. The number of methoxy groups -OCH3 is 1. The Bertz CT molecular complexity index is 703. The first-order chi connectivity index (χ1) is 13.8. The maximum absolute atomic E-state index is 13.2. The van der Waals surface area contributed by atoms with Crippen LogP contribution in [-0.2, 0) is 14.3 Å². The van der Waals surface area contributed by atoms with Crippen LogP contribution in [0.15, 0.2) is 18.2 Å². The van der Waals surface area contributed by atoms with Gasteiger partial charge in [-0.1, -0.05) is 34.1 Å². The summed E-state index contributed by atoms with van der Waals surface area (Å²) in [6, 6.07) is 5.06. The van der Waals surface area contributed by atoms with E-state index in [0.29, 0.717) is 54.9 Å². The topological polar surface area (TPSA) is 73.9 Å². The molecule has 2 rings (SSSR count). The van der Waals surface area contributed by atoms with Crippen molar-refractivity contribution in [2.45, 2.75) is 65.4 Å². The molecule has 1 aliphatic carbocycles. The summed E-state index contributed by atoms with van der Waals surface area (Å²) >= 11 is 0. The van der Waals surface area contributed by atoms with Crippen LogP contribution in [0.1, 0.15) is 70.2 Å². The fraction of sp³-hybridized carbons (Fsp3) is 0.652. The maximum atomic E-state index is 13.2. The minimum Gasteiger partial charge on any atom is -0.492 e. The minimum atomic E-state index is -0.814. The standard InChI is InChI=1S/C23H35NO5/c1-6-12-29-23(11-7-8-17(4)14-23)22(26)24-18-9-10-20(28-15-16(2)3)19(13-18)21(25)27-5/h9-10,13,16-17H,6-8,11-12,14-15H2,1-5H3,(H,24,26)/t17-,23+/m1/s1. The number of hydrogen-bond donors (Lipinski definition) is 1. The summed E-state index contributed by atoms with van der Waals surface area (Å²) in [5.74, 6) is 0.562. The lowest BCUT2D eigenvalue weighted by molar-refractivity contribution is -0.148. The monoisotopic (exact) mass is 405 g/mol. The fourth-order valence-electron chi connectivity index (χ4n) is 3.71. The molecule has 0 bridgehead atoms. The molecule has 0 heterocycles. The van der Waals surface area contributed by atoms with Gasteiger partial charge in [0.15, 0.2) is 0 Å². The van der Waals surface area contributed by atoms with Crippen LogP contribution in [0.2, 0.25) is 0 Å². The number of ether oxygens (including phenoxy) is 3. The highest BCUT2D eigenvalue weighted by atomic mass is 16.5. The zero-order chi connectivity index (χ0) is 21.4. The summed E-state index contributed by atoms with van der Waals surface area (Å²) in [7, 11) is 1.33. The third kappa shape index (κ3) is 6.20. The first-order valence-electron chi connectivity index (χ1n) is 10.6. The van der Waals surface area contributed by atoms with Gasteiger partial charge in [-0.3, -0.25) is 4.79 Å². The summed E-state index contributed by atoms with van der Waals surface area (Å²) in [5.41, 5.74) is 0.0165. The van der Waals surface area contributed by atoms with Gasteiger partial charge in [0, 0.05) is 12.3 Å². The number of hydrogen-bond acceptors (Lipinski definition) is 5. The molecule has 1 N–H and O–H groups in total. The number of anilines is 1. The Morgan fingerprint density at radius 1 is 1.31 bits per heavy atom. The lowest BCUT2D eigenvalue weighted by Crippen LogP contribution is -2.48. The highest BCUT2D eigenvalue weighted by Crippen LogP contribution is 2.36. The van der Waals surface area contributed by atoms with E-state index in [1.165, 1.54) is 7.11 Å². The highest BCUT2D eigenvalue weighted by Gasteiger charge is 2.42. The zero-order valence-corrected chi connectivity index (χ0v) is 18.4. The number of nitrogens with one attached hydrogen (secondary N) is 1. The molecule has 0 unspecified atom stereocenters. The average molecular weight is 406 g/mol. The van der Waals surface area contributed by atoms with E-state index in [2.05, 4.69) is 12.2 Å². The predicted molar refractivity (Wildman–Crippen MR) is 113 cm³/mol. The number of carbonyl (C=O) groups is 2. The fourth-order valence-corrected chi connectivity index (χ4v) is 3.71. The molecule has 6 nitrogen and oxygen atoms in total. The molecule has 0 spiro atoms. The number of carbonyl (C=O) groups excluding carboxylic acids is 2. The molecule has 1 amide bonds. The highest BCUT2D eigenvalue weighted by molar-refractivity contribution is 5.99. The van der Waals surface area contributed by atoms with Gasteiger partial charge >= 0.3 is 5.97 Å².